The van der Waals surface area contributed by atoms with E-state index in [0.717, 1.165) is 14.7 Å². The van der Waals surface area contributed by atoms with Gasteiger partial charge >= 0.3 is 0 Å². The monoisotopic (exact) mass is 372 g/mol. The zero-order chi connectivity index (χ0) is 12.3. The summed E-state index contributed by atoms with van der Waals surface area (Å²) >= 11 is 8.70. The average Bonchev–Trinajstić information content (AvgIpc) is 2.34. The third kappa shape index (κ3) is 3.50. The quantitative estimate of drug-likeness (QED) is 0.715. The number of halogens is 2. The van der Waals surface area contributed by atoms with Crippen LogP contribution in [0.15, 0.2) is 61.2 Å². The minimum atomic E-state index is 0.858. The molecule has 0 amide bonds. The number of hydrogen-bond acceptors (Lipinski definition) is 2. The summed E-state index contributed by atoms with van der Waals surface area (Å²) in [7, 11) is 1.67. The molecule has 2 rings (SSSR count). The topological polar surface area (TPSA) is 9.23 Å². The predicted molar refractivity (Wildman–Crippen MR) is 79.0 cm³/mol. The third-order valence-corrected chi connectivity index (χ3v) is 4.71. The molecule has 0 fully saturated rings. The molecule has 1 nitrogen and oxygen atoms in total. The van der Waals surface area contributed by atoms with E-state index in [4.69, 9.17) is 4.74 Å². The Balaban J connectivity index is 2.21. The fraction of sp³-hybridized carbons (Fsp3) is 0.0769. The summed E-state index contributed by atoms with van der Waals surface area (Å²) in [5, 5.41) is 0. The summed E-state index contributed by atoms with van der Waals surface area (Å²) in [6.45, 7) is 0. The van der Waals surface area contributed by atoms with Gasteiger partial charge in [-0.3, -0.25) is 0 Å². The van der Waals surface area contributed by atoms with E-state index < -0.39 is 0 Å². The molecule has 0 N–H and O–H groups in total. The third-order valence-electron chi connectivity index (χ3n) is 2.18. The van der Waals surface area contributed by atoms with Crippen LogP contribution in [-0.4, -0.2) is 7.11 Å². The highest BCUT2D eigenvalue weighted by Gasteiger charge is 2.04. The number of rotatable bonds is 3. The molecule has 2 aromatic rings. The molecule has 0 spiro atoms. The van der Waals surface area contributed by atoms with Gasteiger partial charge in [-0.1, -0.05) is 27.7 Å². The summed E-state index contributed by atoms with van der Waals surface area (Å²) < 4.78 is 7.31. The largest absolute Gasteiger partial charge is 0.497 e. The molecule has 0 saturated carbocycles. The van der Waals surface area contributed by atoms with Crippen molar-refractivity contribution in [2.24, 2.45) is 0 Å². The van der Waals surface area contributed by atoms with E-state index in [2.05, 4.69) is 50.1 Å². The lowest BCUT2D eigenvalue weighted by molar-refractivity contribution is 0.414. The van der Waals surface area contributed by atoms with E-state index in [1.165, 1.54) is 9.79 Å². The Bertz CT molecular complexity index is 511. The molecular weight excluding hydrogens is 364 g/mol. The molecule has 2 aromatic carbocycles. The van der Waals surface area contributed by atoms with E-state index in [-0.39, 0.29) is 0 Å². The van der Waals surface area contributed by atoms with Crippen LogP contribution in [0.1, 0.15) is 0 Å². The van der Waals surface area contributed by atoms with Crippen LogP contribution in [0.25, 0.3) is 0 Å². The second-order valence-electron chi connectivity index (χ2n) is 3.35. The van der Waals surface area contributed by atoms with Crippen LogP contribution >= 0.6 is 43.6 Å². The van der Waals surface area contributed by atoms with Crippen LogP contribution in [0, 0.1) is 0 Å². The summed E-state index contributed by atoms with van der Waals surface area (Å²) in [5.41, 5.74) is 0. The Morgan fingerprint density at radius 1 is 1.00 bits per heavy atom. The fourth-order valence-electron chi connectivity index (χ4n) is 1.32. The first-order chi connectivity index (χ1) is 8.19. The van der Waals surface area contributed by atoms with Crippen LogP contribution in [0.4, 0.5) is 0 Å². The Morgan fingerprint density at radius 2 is 1.71 bits per heavy atom. The van der Waals surface area contributed by atoms with E-state index in [0.29, 0.717) is 0 Å². The lowest BCUT2D eigenvalue weighted by Crippen LogP contribution is -1.83. The summed E-state index contributed by atoms with van der Waals surface area (Å²) in [4.78, 5) is 2.38. The summed E-state index contributed by atoms with van der Waals surface area (Å²) in [6, 6.07) is 14.2. The lowest BCUT2D eigenvalue weighted by atomic mass is 10.3. The Kier molecular flexibility index (Phi) is 4.54. The molecule has 17 heavy (non-hydrogen) atoms. The first-order valence-corrected chi connectivity index (χ1v) is 7.36. The normalized spacial score (nSPS) is 10.3. The van der Waals surface area contributed by atoms with Crippen molar-refractivity contribution in [3.63, 3.8) is 0 Å². The number of methoxy groups -OCH3 is 1. The van der Waals surface area contributed by atoms with E-state index in [1.807, 2.05) is 24.3 Å². The van der Waals surface area contributed by atoms with Gasteiger partial charge in [-0.05, 0) is 58.4 Å². The Morgan fingerprint density at radius 3 is 2.29 bits per heavy atom. The van der Waals surface area contributed by atoms with Crippen molar-refractivity contribution >= 4 is 43.6 Å². The second-order valence-corrected chi connectivity index (χ2v) is 6.24. The SMILES string of the molecule is COc1ccc(Sc2ccc(Br)cc2)c(Br)c1. The maximum absolute atomic E-state index is 5.17. The number of ether oxygens (including phenoxy) is 1. The molecule has 0 heterocycles. The first kappa shape index (κ1) is 13.0. The van der Waals surface area contributed by atoms with Crippen molar-refractivity contribution in [1.82, 2.24) is 0 Å². The summed E-state index contributed by atoms with van der Waals surface area (Å²) in [6.07, 6.45) is 0. The van der Waals surface area contributed by atoms with Gasteiger partial charge in [-0.2, -0.15) is 0 Å². The molecule has 0 aliphatic carbocycles. The molecule has 0 atom stereocenters. The molecular formula is C13H10Br2OS. The van der Waals surface area contributed by atoms with Gasteiger partial charge < -0.3 is 4.74 Å². The first-order valence-electron chi connectivity index (χ1n) is 4.96. The second kappa shape index (κ2) is 5.94. The number of benzene rings is 2. The van der Waals surface area contributed by atoms with Gasteiger partial charge in [0.2, 0.25) is 0 Å². The molecule has 0 bridgehead atoms. The minimum Gasteiger partial charge on any atom is -0.497 e. The maximum Gasteiger partial charge on any atom is 0.120 e. The highest BCUT2D eigenvalue weighted by atomic mass is 79.9. The van der Waals surface area contributed by atoms with E-state index in [9.17, 15) is 0 Å². The number of hydrogen-bond donors (Lipinski definition) is 0. The zero-order valence-electron chi connectivity index (χ0n) is 9.11. The van der Waals surface area contributed by atoms with Gasteiger partial charge in [0.15, 0.2) is 0 Å². The average molecular weight is 374 g/mol. The van der Waals surface area contributed by atoms with Gasteiger partial charge in [0.25, 0.3) is 0 Å². The van der Waals surface area contributed by atoms with Gasteiger partial charge in [0, 0.05) is 18.7 Å². The minimum absolute atomic E-state index is 0.858. The van der Waals surface area contributed by atoms with Gasteiger partial charge in [-0.25, -0.2) is 0 Å². The van der Waals surface area contributed by atoms with Crippen LogP contribution in [0.2, 0.25) is 0 Å². The van der Waals surface area contributed by atoms with Crippen molar-refractivity contribution in [1.29, 1.82) is 0 Å². The molecule has 0 aliphatic heterocycles. The maximum atomic E-state index is 5.17. The van der Waals surface area contributed by atoms with Crippen molar-refractivity contribution in [3.8, 4) is 5.75 Å². The highest BCUT2D eigenvalue weighted by Crippen LogP contribution is 2.35. The lowest BCUT2D eigenvalue weighted by Gasteiger charge is -2.06. The highest BCUT2D eigenvalue weighted by molar-refractivity contribution is 9.10. The van der Waals surface area contributed by atoms with Crippen LogP contribution in [-0.2, 0) is 0 Å². The zero-order valence-corrected chi connectivity index (χ0v) is 13.1. The molecule has 0 radical (unpaired) electrons. The predicted octanol–water partition coefficient (Wildman–Crippen LogP) is 5.37. The van der Waals surface area contributed by atoms with E-state index >= 15 is 0 Å². The van der Waals surface area contributed by atoms with Gasteiger partial charge in [-0.15, -0.1) is 0 Å². The van der Waals surface area contributed by atoms with Crippen LogP contribution < -0.4 is 4.74 Å². The standard InChI is InChI=1S/C13H10Br2OS/c1-16-10-4-7-13(12(15)8-10)17-11-5-2-9(14)3-6-11/h2-8H,1H3. The van der Waals surface area contributed by atoms with Crippen molar-refractivity contribution in [2.75, 3.05) is 7.11 Å². The fourth-order valence-corrected chi connectivity index (χ4v) is 3.00. The molecule has 0 saturated heterocycles. The Labute approximate surface area is 122 Å². The van der Waals surface area contributed by atoms with Gasteiger partial charge in [0.1, 0.15) is 5.75 Å². The van der Waals surface area contributed by atoms with Gasteiger partial charge in [0.05, 0.1) is 7.11 Å². The molecule has 0 unspecified atom stereocenters. The molecule has 0 aromatic heterocycles. The smallest absolute Gasteiger partial charge is 0.120 e. The molecule has 88 valence electrons. The van der Waals surface area contributed by atoms with Crippen molar-refractivity contribution < 1.29 is 4.74 Å². The molecule has 0 aliphatic rings. The van der Waals surface area contributed by atoms with Crippen LogP contribution in [0.5, 0.6) is 5.75 Å². The Hall–Kier alpha value is -0.450. The molecule has 4 heteroatoms. The van der Waals surface area contributed by atoms with E-state index in [1.54, 1.807) is 18.9 Å². The van der Waals surface area contributed by atoms with Crippen molar-refractivity contribution in [3.05, 3.63) is 51.4 Å². The van der Waals surface area contributed by atoms with Crippen LogP contribution in [0.3, 0.4) is 0 Å². The summed E-state index contributed by atoms with van der Waals surface area (Å²) in [5.74, 6) is 0.858. The van der Waals surface area contributed by atoms with Crippen molar-refractivity contribution in [2.45, 2.75) is 9.79 Å².